The molecule has 2 nitrogen and oxygen atoms in total. The molecule has 0 spiro atoms. The van der Waals surface area contributed by atoms with Crippen LogP contribution in [0.1, 0.15) is 5.56 Å². The van der Waals surface area contributed by atoms with Gasteiger partial charge in [-0.3, -0.25) is 0 Å². The predicted molar refractivity (Wildman–Crippen MR) is 52.6 cm³/mol. The Labute approximate surface area is 97.3 Å². The molecule has 0 amide bonds. The van der Waals surface area contributed by atoms with Crippen molar-refractivity contribution in [3.05, 3.63) is 29.8 Å². The molecule has 13 heavy (non-hydrogen) atoms. The van der Waals surface area contributed by atoms with Crippen molar-refractivity contribution < 1.29 is 28.5 Å². The average molecular weight is 292 g/mol. The summed E-state index contributed by atoms with van der Waals surface area (Å²) in [6.07, 6.45) is 0. The highest BCUT2D eigenvalue weighted by atomic mass is 127. The molecule has 1 aromatic carbocycles. The zero-order valence-electron chi connectivity index (χ0n) is 8.42. The Morgan fingerprint density at radius 2 is 1.85 bits per heavy atom. The summed E-state index contributed by atoms with van der Waals surface area (Å²) in [4.78, 5) is 0. The first-order valence-corrected chi connectivity index (χ1v) is 4.12. The molecule has 0 atom stereocenters. The minimum absolute atomic E-state index is 0. The smallest absolute Gasteiger partial charge is 0.104 e. The van der Waals surface area contributed by atoms with Crippen LogP contribution in [0.5, 0.6) is 0 Å². The molecule has 0 radical (unpaired) electrons. The summed E-state index contributed by atoms with van der Waals surface area (Å²) in [5.74, 6) is 0. The van der Waals surface area contributed by atoms with E-state index in [1.54, 1.807) is 0 Å². The first-order chi connectivity index (χ1) is 5.47. The van der Waals surface area contributed by atoms with Gasteiger partial charge in [0.1, 0.15) is 6.54 Å². The molecule has 0 aliphatic heterocycles. The van der Waals surface area contributed by atoms with Crippen molar-refractivity contribution in [3.63, 3.8) is 0 Å². The van der Waals surface area contributed by atoms with Gasteiger partial charge in [-0.05, 0) is 12.1 Å². The molecule has 1 aromatic rings. The summed E-state index contributed by atoms with van der Waals surface area (Å²) in [6.45, 7) is 1.02. The molecule has 0 aliphatic carbocycles. The highest BCUT2D eigenvalue weighted by molar-refractivity contribution is 5.40. The molecule has 0 bridgehead atoms. The van der Waals surface area contributed by atoms with Crippen molar-refractivity contribution in [2.24, 2.45) is 0 Å². The van der Waals surface area contributed by atoms with Crippen molar-refractivity contribution >= 4 is 5.69 Å². The highest BCUT2D eigenvalue weighted by Crippen LogP contribution is 2.10. The van der Waals surface area contributed by atoms with Crippen LogP contribution < -0.4 is 29.7 Å². The maximum Gasteiger partial charge on any atom is 0.104 e. The third-order valence-electron chi connectivity index (χ3n) is 1.61. The lowest BCUT2D eigenvalue weighted by Crippen LogP contribution is -3.00. The van der Waals surface area contributed by atoms with Crippen molar-refractivity contribution in [2.75, 3.05) is 26.9 Å². The summed E-state index contributed by atoms with van der Waals surface area (Å²) in [5, 5.41) is 0. The quantitative estimate of drug-likeness (QED) is 0.400. The summed E-state index contributed by atoms with van der Waals surface area (Å²) < 4.78 is 0.934. The van der Waals surface area contributed by atoms with Crippen LogP contribution in [0.3, 0.4) is 0 Å². The second kappa shape index (κ2) is 4.81. The van der Waals surface area contributed by atoms with Crippen molar-refractivity contribution in [1.82, 2.24) is 0 Å². The van der Waals surface area contributed by atoms with E-state index in [1.807, 2.05) is 18.2 Å². The number of anilines is 1. The van der Waals surface area contributed by atoms with E-state index >= 15 is 0 Å². The minimum Gasteiger partial charge on any atom is -1.00 e. The zero-order chi connectivity index (χ0) is 9.19. The number of nitrogens with two attached hydrogens (primary N) is 1. The number of hydrogen-bond donors (Lipinski definition) is 1. The fourth-order valence-corrected chi connectivity index (χ4v) is 1.24. The lowest BCUT2D eigenvalue weighted by molar-refractivity contribution is -0.884. The molecule has 0 saturated carbocycles. The standard InChI is InChI=1S/C10H17N2.HI/c1-12(2,3)8-9-5-4-6-10(11)7-9;/h4-7H,8,11H2,1-3H3;1H/q+1;/p-1. The predicted octanol–water partition coefficient (Wildman–Crippen LogP) is -1.52. The van der Waals surface area contributed by atoms with Gasteiger partial charge >= 0.3 is 0 Å². The van der Waals surface area contributed by atoms with E-state index in [0.717, 1.165) is 16.7 Å². The Kier molecular flexibility index (Phi) is 4.70. The Hall–Kier alpha value is -0.290. The molecule has 2 N–H and O–H groups in total. The highest BCUT2D eigenvalue weighted by Gasteiger charge is 2.07. The van der Waals surface area contributed by atoms with Gasteiger partial charge in [-0.15, -0.1) is 0 Å². The second-order valence-electron chi connectivity index (χ2n) is 4.19. The summed E-state index contributed by atoms with van der Waals surface area (Å²) in [6, 6.07) is 8.06. The van der Waals surface area contributed by atoms with Gasteiger partial charge in [0.25, 0.3) is 0 Å². The van der Waals surface area contributed by atoms with E-state index in [2.05, 4.69) is 27.2 Å². The van der Waals surface area contributed by atoms with Gasteiger partial charge in [-0.1, -0.05) is 12.1 Å². The fourth-order valence-electron chi connectivity index (χ4n) is 1.24. The van der Waals surface area contributed by atoms with Crippen LogP contribution in [-0.4, -0.2) is 25.6 Å². The molecule has 3 heteroatoms. The van der Waals surface area contributed by atoms with Gasteiger partial charge in [0.2, 0.25) is 0 Å². The molecule has 0 unspecified atom stereocenters. The molecule has 0 heterocycles. The molecular formula is C10H17IN2. The van der Waals surface area contributed by atoms with Gasteiger partial charge < -0.3 is 34.2 Å². The molecule has 0 saturated heterocycles. The number of nitrogen functional groups attached to an aromatic ring is 1. The van der Waals surface area contributed by atoms with Crippen LogP contribution >= 0.6 is 0 Å². The van der Waals surface area contributed by atoms with E-state index in [9.17, 15) is 0 Å². The van der Waals surface area contributed by atoms with Gasteiger partial charge in [0, 0.05) is 11.3 Å². The minimum atomic E-state index is 0. The Bertz CT molecular complexity index is 266. The maximum atomic E-state index is 5.67. The normalized spacial score (nSPS) is 10.7. The molecule has 1 rings (SSSR count). The largest absolute Gasteiger partial charge is 1.00 e. The number of benzene rings is 1. The third kappa shape index (κ3) is 5.10. The molecule has 0 aromatic heterocycles. The monoisotopic (exact) mass is 292 g/mol. The fraction of sp³-hybridized carbons (Fsp3) is 0.400. The van der Waals surface area contributed by atoms with Gasteiger partial charge in [0.05, 0.1) is 21.1 Å². The number of hydrogen-bond acceptors (Lipinski definition) is 1. The van der Waals surface area contributed by atoms with Crippen molar-refractivity contribution in [2.45, 2.75) is 6.54 Å². The van der Waals surface area contributed by atoms with Crippen LogP contribution in [0, 0.1) is 0 Å². The molecule has 0 aliphatic rings. The van der Waals surface area contributed by atoms with Crippen LogP contribution in [0.2, 0.25) is 0 Å². The first kappa shape index (κ1) is 12.7. The van der Waals surface area contributed by atoms with Gasteiger partial charge in [-0.25, -0.2) is 0 Å². The van der Waals surface area contributed by atoms with E-state index < -0.39 is 0 Å². The Morgan fingerprint density at radius 1 is 1.23 bits per heavy atom. The average Bonchev–Trinajstić information content (AvgIpc) is 1.82. The Balaban J connectivity index is 0.00000144. The van der Waals surface area contributed by atoms with Crippen LogP contribution in [-0.2, 0) is 6.54 Å². The number of halogens is 1. The lowest BCUT2D eigenvalue weighted by atomic mass is 10.2. The van der Waals surface area contributed by atoms with Crippen LogP contribution in [0.15, 0.2) is 24.3 Å². The number of quaternary nitrogens is 1. The van der Waals surface area contributed by atoms with Crippen molar-refractivity contribution in [1.29, 1.82) is 0 Å². The number of nitrogens with zero attached hydrogens (tertiary/aromatic N) is 1. The lowest BCUT2D eigenvalue weighted by Gasteiger charge is -2.23. The van der Waals surface area contributed by atoms with Crippen LogP contribution in [0.4, 0.5) is 5.69 Å². The van der Waals surface area contributed by atoms with E-state index in [-0.39, 0.29) is 24.0 Å². The SMILES string of the molecule is C[N+](C)(C)Cc1cccc(N)c1.[I-]. The molecular weight excluding hydrogens is 275 g/mol. The topological polar surface area (TPSA) is 26.0 Å². The second-order valence-corrected chi connectivity index (χ2v) is 4.19. The third-order valence-corrected chi connectivity index (χ3v) is 1.61. The molecule has 0 fully saturated rings. The van der Waals surface area contributed by atoms with Crippen molar-refractivity contribution in [3.8, 4) is 0 Å². The summed E-state index contributed by atoms with van der Waals surface area (Å²) >= 11 is 0. The first-order valence-electron chi connectivity index (χ1n) is 4.12. The van der Waals surface area contributed by atoms with Crippen LogP contribution in [0.25, 0.3) is 0 Å². The summed E-state index contributed by atoms with van der Waals surface area (Å²) in [7, 11) is 6.51. The summed E-state index contributed by atoms with van der Waals surface area (Å²) in [5.41, 5.74) is 7.81. The number of rotatable bonds is 2. The van der Waals surface area contributed by atoms with E-state index in [4.69, 9.17) is 5.73 Å². The zero-order valence-corrected chi connectivity index (χ0v) is 10.6. The van der Waals surface area contributed by atoms with E-state index in [1.165, 1.54) is 5.56 Å². The Morgan fingerprint density at radius 3 is 2.31 bits per heavy atom. The van der Waals surface area contributed by atoms with Gasteiger partial charge in [0.15, 0.2) is 0 Å². The molecule has 74 valence electrons. The maximum absolute atomic E-state index is 5.67. The van der Waals surface area contributed by atoms with Gasteiger partial charge in [-0.2, -0.15) is 0 Å². The van der Waals surface area contributed by atoms with E-state index in [0.29, 0.717) is 0 Å².